The monoisotopic (exact) mass is 524 g/mol. The van der Waals surface area contributed by atoms with E-state index in [1.54, 1.807) is 13.3 Å². The second kappa shape index (κ2) is 10.8. The highest BCUT2D eigenvalue weighted by molar-refractivity contribution is 7.92. The summed E-state index contributed by atoms with van der Waals surface area (Å²) in [7, 11) is -1.84. The highest BCUT2D eigenvalue weighted by Gasteiger charge is 2.25. The van der Waals surface area contributed by atoms with Crippen LogP contribution < -0.4 is 20.1 Å². The van der Waals surface area contributed by atoms with Gasteiger partial charge in [0, 0.05) is 53.8 Å². The summed E-state index contributed by atoms with van der Waals surface area (Å²) in [5.74, 6) is 2.06. The molecule has 37 heavy (non-hydrogen) atoms. The number of aromatic nitrogens is 1. The van der Waals surface area contributed by atoms with Gasteiger partial charge in [-0.15, -0.1) is 0 Å². The van der Waals surface area contributed by atoms with Crippen molar-refractivity contribution >= 4 is 26.5 Å². The van der Waals surface area contributed by atoms with E-state index in [1.165, 1.54) is 4.31 Å². The van der Waals surface area contributed by atoms with Crippen LogP contribution in [0.15, 0.2) is 66.4 Å². The summed E-state index contributed by atoms with van der Waals surface area (Å²) < 4.78 is 37.6. The van der Waals surface area contributed by atoms with Crippen LogP contribution in [-0.2, 0) is 10.0 Å². The molecule has 2 aromatic rings. The number of benzene rings is 1. The number of rotatable bonds is 10. The van der Waals surface area contributed by atoms with E-state index in [4.69, 9.17) is 9.47 Å². The van der Waals surface area contributed by atoms with Gasteiger partial charge in [-0.2, -0.15) is 4.31 Å². The van der Waals surface area contributed by atoms with Crippen LogP contribution in [0.3, 0.4) is 0 Å². The molecule has 1 aromatic carbocycles. The zero-order chi connectivity index (χ0) is 26.0. The van der Waals surface area contributed by atoms with Gasteiger partial charge in [0.25, 0.3) is 0 Å². The molecule has 0 saturated heterocycles. The Morgan fingerprint density at radius 1 is 1.24 bits per heavy atom. The van der Waals surface area contributed by atoms with Gasteiger partial charge in [0.1, 0.15) is 17.3 Å². The van der Waals surface area contributed by atoms with Gasteiger partial charge in [-0.1, -0.05) is 18.7 Å². The first-order valence-corrected chi connectivity index (χ1v) is 13.9. The van der Waals surface area contributed by atoms with E-state index >= 15 is 0 Å². The number of nitrogens with one attached hydrogen (secondary N) is 2. The molecule has 5 rings (SSSR count). The van der Waals surface area contributed by atoms with Crippen LogP contribution >= 0.6 is 0 Å². The van der Waals surface area contributed by atoms with Crippen molar-refractivity contribution in [3.05, 3.63) is 72.0 Å². The molecule has 0 amide bonds. The predicted octanol–water partition coefficient (Wildman–Crippen LogP) is 3.01. The summed E-state index contributed by atoms with van der Waals surface area (Å²) in [5.41, 5.74) is 2.63. The molecule has 0 radical (unpaired) electrons. The quantitative estimate of drug-likeness (QED) is 0.407. The van der Waals surface area contributed by atoms with Crippen molar-refractivity contribution in [2.75, 3.05) is 20.2 Å². The molecular weight excluding hydrogens is 492 g/mol. The number of allylic oxidation sites excluding steroid dienone is 1. The van der Waals surface area contributed by atoms with Crippen LogP contribution in [-0.4, -0.2) is 61.4 Å². The van der Waals surface area contributed by atoms with Crippen molar-refractivity contribution in [1.29, 1.82) is 0 Å². The number of aliphatic hydroxyl groups excluding tert-OH is 1. The fraction of sp³-hybridized carbons (Fsp3) is 0.370. The Labute approximate surface area is 217 Å². The minimum absolute atomic E-state index is 0.0151. The molecule has 2 unspecified atom stereocenters. The molecule has 1 aliphatic heterocycles. The van der Waals surface area contributed by atoms with Crippen LogP contribution in [0.25, 0.3) is 16.5 Å². The van der Waals surface area contributed by atoms with E-state index in [0.717, 1.165) is 46.0 Å². The van der Waals surface area contributed by atoms with Crippen LogP contribution in [0.5, 0.6) is 11.5 Å². The van der Waals surface area contributed by atoms with Crippen LogP contribution in [0, 0.1) is 0 Å². The van der Waals surface area contributed by atoms with Crippen molar-refractivity contribution < 1.29 is 23.0 Å². The van der Waals surface area contributed by atoms with Gasteiger partial charge >= 0.3 is 0 Å². The average Bonchev–Trinajstić information content (AvgIpc) is 3.73. The van der Waals surface area contributed by atoms with Gasteiger partial charge in [-0.25, -0.2) is 8.42 Å². The highest BCUT2D eigenvalue weighted by atomic mass is 32.2. The largest absolute Gasteiger partial charge is 0.496 e. The third-order valence-corrected chi connectivity index (χ3v) is 8.22. The zero-order valence-electron chi connectivity index (χ0n) is 20.8. The smallest absolute Gasteiger partial charge is 0.235 e. The molecule has 10 heteroatoms. The van der Waals surface area contributed by atoms with E-state index in [0.29, 0.717) is 36.9 Å². The molecule has 2 heterocycles. The number of nitrogens with zero attached hydrogens (tertiary/aromatic N) is 2. The summed E-state index contributed by atoms with van der Waals surface area (Å²) >= 11 is 0. The molecular formula is C27H32N4O5S. The van der Waals surface area contributed by atoms with Crippen LogP contribution in [0.1, 0.15) is 31.2 Å². The SMILES string of the molecule is C=CS(=O)(=O)N1CC=C(c2cc3c(OC4=CCC(NC(O)NC5CC5)C=C4)ccnc3cc2OC)CC1. The van der Waals surface area contributed by atoms with Crippen molar-refractivity contribution in [2.45, 2.75) is 44.1 Å². The fourth-order valence-electron chi connectivity index (χ4n) is 4.54. The standard InChI is InChI=1S/C27H32N4O5S/c1-3-37(33,34)31-14-11-18(12-15-31)22-16-23-24(17-26(22)35-2)28-13-10-25(23)36-21-8-6-20(7-9-21)30-27(32)29-19-4-5-19/h3,6,8-11,13,16-17,19-20,27,29-30,32H,1,4-5,7,12,14-15H2,2H3. The molecule has 0 bridgehead atoms. The number of sulfonamides is 1. The average molecular weight is 525 g/mol. The topological polar surface area (TPSA) is 113 Å². The lowest BCUT2D eigenvalue weighted by Crippen LogP contribution is -2.47. The maximum Gasteiger partial charge on any atom is 0.235 e. The highest BCUT2D eigenvalue weighted by Crippen LogP contribution is 2.37. The lowest BCUT2D eigenvalue weighted by atomic mass is 9.97. The molecule has 1 saturated carbocycles. The number of methoxy groups -OCH3 is 1. The van der Waals surface area contributed by atoms with Crippen molar-refractivity contribution in [3.8, 4) is 11.5 Å². The lowest BCUT2D eigenvalue weighted by molar-refractivity contribution is 0.0919. The van der Waals surface area contributed by atoms with E-state index in [9.17, 15) is 13.5 Å². The van der Waals surface area contributed by atoms with Crippen molar-refractivity contribution in [3.63, 3.8) is 0 Å². The first-order valence-electron chi connectivity index (χ1n) is 12.4. The molecule has 196 valence electrons. The molecule has 3 aliphatic rings. The van der Waals surface area contributed by atoms with E-state index in [1.807, 2.05) is 42.5 Å². The predicted molar refractivity (Wildman–Crippen MR) is 143 cm³/mol. The Kier molecular flexibility index (Phi) is 7.45. The van der Waals surface area contributed by atoms with E-state index < -0.39 is 16.4 Å². The van der Waals surface area contributed by atoms with Crippen molar-refractivity contribution in [1.82, 2.24) is 19.9 Å². The number of fused-ring (bicyclic) bond motifs is 1. The minimum Gasteiger partial charge on any atom is -0.496 e. The maximum atomic E-state index is 12.1. The first-order chi connectivity index (χ1) is 17.9. The van der Waals surface area contributed by atoms with Gasteiger partial charge < -0.3 is 14.6 Å². The van der Waals surface area contributed by atoms with Crippen LogP contribution in [0.2, 0.25) is 0 Å². The first kappa shape index (κ1) is 25.6. The molecule has 0 spiro atoms. The fourth-order valence-corrected chi connectivity index (χ4v) is 5.38. The Hall–Kier alpha value is -3.02. The lowest BCUT2D eigenvalue weighted by Gasteiger charge is -2.25. The summed E-state index contributed by atoms with van der Waals surface area (Å²) in [5, 5.41) is 18.2. The van der Waals surface area contributed by atoms with Crippen molar-refractivity contribution in [2.24, 2.45) is 0 Å². The second-order valence-corrected chi connectivity index (χ2v) is 11.2. The van der Waals surface area contributed by atoms with Gasteiger partial charge in [-0.3, -0.25) is 15.6 Å². The van der Waals surface area contributed by atoms with Gasteiger partial charge in [-0.05, 0) is 55.5 Å². The molecule has 1 fully saturated rings. The van der Waals surface area contributed by atoms with Gasteiger partial charge in [0.2, 0.25) is 10.0 Å². The summed E-state index contributed by atoms with van der Waals surface area (Å²) in [6.45, 7) is 4.06. The molecule has 2 atom stereocenters. The third kappa shape index (κ3) is 5.94. The zero-order valence-corrected chi connectivity index (χ0v) is 21.6. The molecule has 1 aromatic heterocycles. The van der Waals surface area contributed by atoms with E-state index in [2.05, 4.69) is 22.2 Å². The number of hydrogen-bond donors (Lipinski definition) is 3. The Morgan fingerprint density at radius 3 is 2.73 bits per heavy atom. The van der Waals surface area contributed by atoms with Gasteiger partial charge in [0.15, 0.2) is 6.35 Å². The van der Waals surface area contributed by atoms with E-state index in [-0.39, 0.29) is 12.6 Å². The summed E-state index contributed by atoms with van der Waals surface area (Å²) in [6, 6.07) is 6.13. The molecule has 9 nitrogen and oxygen atoms in total. The van der Waals surface area contributed by atoms with Crippen LogP contribution in [0.4, 0.5) is 0 Å². The normalized spacial score (nSPS) is 21.3. The second-order valence-electron chi connectivity index (χ2n) is 9.35. The minimum atomic E-state index is -3.46. The summed E-state index contributed by atoms with van der Waals surface area (Å²) in [4.78, 5) is 4.50. The Balaban J connectivity index is 1.34. The Morgan fingerprint density at radius 2 is 2.08 bits per heavy atom. The number of aliphatic hydroxyl groups is 1. The molecule has 3 N–H and O–H groups in total. The summed E-state index contributed by atoms with van der Waals surface area (Å²) in [6.07, 6.45) is 12.2. The molecule has 2 aliphatic carbocycles. The van der Waals surface area contributed by atoms with Gasteiger partial charge in [0.05, 0.1) is 12.6 Å². The number of pyridine rings is 1. The third-order valence-electron chi connectivity index (χ3n) is 6.75. The number of ether oxygens (including phenoxy) is 2. The maximum absolute atomic E-state index is 12.1. The Bertz CT molecular complexity index is 1380. The number of hydrogen-bond acceptors (Lipinski definition) is 8.